The second-order valence-corrected chi connectivity index (χ2v) is 8.78. The monoisotopic (exact) mass is 458 g/mol. The number of amides is 2. The number of piperidine rings is 1. The van der Waals surface area contributed by atoms with Gasteiger partial charge in [0, 0.05) is 13.1 Å². The molecule has 2 amide bonds. The molecule has 2 aliphatic rings. The highest BCUT2D eigenvalue weighted by Crippen LogP contribution is 2.37. The zero-order valence-corrected chi connectivity index (χ0v) is 18.6. The van der Waals surface area contributed by atoms with Crippen molar-refractivity contribution in [2.24, 2.45) is 5.92 Å². The highest BCUT2D eigenvalue weighted by Gasteiger charge is 2.43. The molecule has 0 saturated carbocycles. The molecular formula is C28H24F2N2O2. The number of likely N-dealkylation sites (tertiary alicyclic amines) is 1. The van der Waals surface area contributed by atoms with Gasteiger partial charge in [-0.25, -0.2) is 13.7 Å². The molecule has 0 bridgehead atoms. The SMILES string of the molecule is O=C1C(c2ccc(F)cc2)=C(N2CCC(Cc3ccccc3)CC2)C(=O)N1c1cccc(F)c1. The van der Waals surface area contributed by atoms with Gasteiger partial charge in [-0.1, -0.05) is 48.5 Å². The molecule has 4 nitrogen and oxygen atoms in total. The van der Waals surface area contributed by atoms with Crippen LogP contribution in [0.4, 0.5) is 14.5 Å². The first-order valence-corrected chi connectivity index (χ1v) is 11.4. The number of anilines is 1. The van der Waals surface area contributed by atoms with E-state index >= 15 is 0 Å². The molecule has 34 heavy (non-hydrogen) atoms. The highest BCUT2D eigenvalue weighted by molar-refractivity contribution is 6.45. The third kappa shape index (κ3) is 4.23. The largest absolute Gasteiger partial charge is 0.366 e. The number of imide groups is 1. The van der Waals surface area contributed by atoms with E-state index in [-0.39, 0.29) is 11.3 Å². The van der Waals surface area contributed by atoms with Gasteiger partial charge in [-0.05, 0) is 66.6 Å². The third-order valence-corrected chi connectivity index (χ3v) is 6.56. The van der Waals surface area contributed by atoms with Crippen molar-refractivity contribution >= 4 is 23.1 Å². The van der Waals surface area contributed by atoms with Crippen molar-refractivity contribution in [2.75, 3.05) is 18.0 Å². The second-order valence-electron chi connectivity index (χ2n) is 8.78. The van der Waals surface area contributed by atoms with Gasteiger partial charge in [0.1, 0.15) is 17.3 Å². The Bertz CT molecular complexity index is 1250. The maximum absolute atomic E-state index is 13.9. The number of rotatable bonds is 5. The quantitative estimate of drug-likeness (QED) is 0.493. The van der Waals surface area contributed by atoms with Crippen LogP contribution in [-0.4, -0.2) is 29.8 Å². The lowest BCUT2D eigenvalue weighted by Gasteiger charge is -2.34. The molecule has 172 valence electrons. The summed E-state index contributed by atoms with van der Waals surface area (Å²) in [6.07, 6.45) is 2.74. The van der Waals surface area contributed by atoms with Crippen LogP contribution < -0.4 is 4.90 Å². The Morgan fingerprint density at radius 2 is 1.47 bits per heavy atom. The van der Waals surface area contributed by atoms with E-state index in [1.807, 2.05) is 23.1 Å². The zero-order chi connectivity index (χ0) is 23.7. The van der Waals surface area contributed by atoms with Gasteiger partial charge in [0.15, 0.2) is 0 Å². The number of carbonyl (C=O) groups is 2. The molecule has 0 radical (unpaired) electrons. The van der Waals surface area contributed by atoms with Crippen molar-refractivity contribution in [2.45, 2.75) is 19.3 Å². The maximum Gasteiger partial charge on any atom is 0.282 e. The predicted octanol–water partition coefficient (Wildman–Crippen LogP) is 5.20. The van der Waals surface area contributed by atoms with E-state index in [0.717, 1.165) is 24.2 Å². The van der Waals surface area contributed by atoms with Crippen molar-refractivity contribution in [1.82, 2.24) is 4.90 Å². The van der Waals surface area contributed by atoms with E-state index in [4.69, 9.17) is 0 Å². The van der Waals surface area contributed by atoms with E-state index in [0.29, 0.717) is 30.3 Å². The fourth-order valence-corrected chi connectivity index (χ4v) is 4.85. The standard InChI is InChI=1S/C28H24F2N2O2/c29-22-11-9-21(10-12-22)25-26(28(34)32(27(25)33)24-8-4-7-23(30)18-24)31-15-13-20(14-16-31)17-19-5-2-1-3-6-19/h1-12,18,20H,13-17H2. The summed E-state index contributed by atoms with van der Waals surface area (Å²) in [4.78, 5) is 30.0. The summed E-state index contributed by atoms with van der Waals surface area (Å²) in [5.74, 6) is -1.47. The van der Waals surface area contributed by atoms with Crippen LogP contribution in [0.25, 0.3) is 5.57 Å². The lowest BCUT2D eigenvalue weighted by molar-refractivity contribution is -0.120. The summed E-state index contributed by atoms with van der Waals surface area (Å²) < 4.78 is 27.5. The Labute approximate surface area is 197 Å². The molecule has 6 heteroatoms. The molecule has 0 unspecified atom stereocenters. The van der Waals surface area contributed by atoms with Gasteiger partial charge in [0.25, 0.3) is 11.8 Å². The maximum atomic E-state index is 13.9. The normalized spacial score (nSPS) is 17.1. The van der Waals surface area contributed by atoms with Gasteiger partial charge < -0.3 is 4.90 Å². The molecule has 3 aromatic carbocycles. The Kier molecular flexibility index (Phi) is 5.97. The fourth-order valence-electron chi connectivity index (χ4n) is 4.85. The number of carbonyl (C=O) groups excluding carboxylic acids is 2. The van der Waals surface area contributed by atoms with E-state index in [1.165, 1.54) is 54.1 Å². The van der Waals surface area contributed by atoms with Crippen LogP contribution in [0.1, 0.15) is 24.0 Å². The Hall–Kier alpha value is -3.80. The van der Waals surface area contributed by atoms with E-state index in [2.05, 4.69) is 12.1 Å². The lowest BCUT2D eigenvalue weighted by Crippen LogP contribution is -2.39. The molecule has 2 aliphatic heterocycles. The first-order chi connectivity index (χ1) is 16.5. The minimum atomic E-state index is -0.531. The number of halogens is 2. The molecule has 0 aromatic heterocycles. The van der Waals surface area contributed by atoms with Crippen LogP contribution in [0.5, 0.6) is 0 Å². The van der Waals surface area contributed by atoms with Gasteiger partial charge in [-0.3, -0.25) is 9.59 Å². The summed E-state index contributed by atoms with van der Waals surface area (Å²) in [6, 6.07) is 21.3. The van der Waals surface area contributed by atoms with Gasteiger partial charge in [-0.2, -0.15) is 0 Å². The van der Waals surface area contributed by atoms with Crippen molar-refractivity contribution < 1.29 is 18.4 Å². The van der Waals surface area contributed by atoms with Crippen LogP contribution in [0.3, 0.4) is 0 Å². The van der Waals surface area contributed by atoms with Crippen molar-refractivity contribution in [3.8, 4) is 0 Å². The van der Waals surface area contributed by atoms with Crippen LogP contribution in [-0.2, 0) is 16.0 Å². The molecular weight excluding hydrogens is 434 g/mol. The van der Waals surface area contributed by atoms with E-state index in [9.17, 15) is 18.4 Å². The summed E-state index contributed by atoms with van der Waals surface area (Å²) in [5, 5.41) is 0. The second kappa shape index (κ2) is 9.21. The Morgan fingerprint density at radius 1 is 0.765 bits per heavy atom. The van der Waals surface area contributed by atoms with E-state index in [1.54, 1.807) is 0 Å². The molecule has 1 fully saturated rings. The molecule has 0 N–H and O–H groups in total. The summed E-state index contributed by atoms with van der Waals surface area (Å²) in [6.45, 7) is 1.26. The molecule has 3 aromatic rings. The number of nitrogens with zero attached hydrogens (tertiary/aromatic N) is 2. The minimum Gasteiger partial charge on any atom is -0.366 e. The smallest absolute Gasteiger partial charge is 0.282 e. The molecule has 0 atom stereocenters. The van der Waals surface area contributed by atoms with Crippen LogP contribution in [0, 0.1) is 17.6 Å². The van der Waals surface area contributed by atoms with Crippen LogP contribution in [0.15, 0.2) is 84.6 Å². The van der Waals surface area contributed by atoms with Crippen LogP contribution in [0.2, 0.25) is 0 Å². The van der Waals surface area contributed by atoms with Gasteiger partial charge in [0.2, 0.25) is 0 Å². The van der Waals surface area contributed by atoms with Crippen molar-refractivity contribution in [3.05, 3.63) is 107 Å². The van der Waals surface area contributed by atoms with Crippen molar-refractivity contribution in [3.63, 3.8) is 0 Å². The van der Waals surface area contributed by atoms with Gasteiger partial charge in [0.05, 0.1) is 11.3 Å². The van der Waals surface area contributed by atoms with Gasteiger partial charge in [-0.15, -0.1) is 0 Å². The first kappa shape index (κ1) is 22.0. The molecule has 5 rings (SSSR count). The highest BCUT2D eigenvalue weighted by atomic mass is 19.1. The topological polar surface area (TPSA) is 40.6 Å². The zero-order valence-electron chi connectivity index (χ0n) is 18.6. The summed E-state index contributed by atoms with van der Waals surface area (Å²) in [7, 11) is 0. The third-order valence-electron chi connectivity index (χ3n) is 6.56. The van der Waals surface area contributed by atoms with Gasteiger partial charge >= 0.3 is 0 Å². The predicted molar refractivity (Wildman–Crippen MR) is 127 cm³/mol. The first-order valence-electron chi connectivity index (χ1n) is 11.4. The average Bonchev–Trinajstić information content (AvgIpc) is 3.10. The minimum absolute atomic E-state index is 0.184. The molecule has 0 spiro atoms. The fraction of sp³-hybridized carbons (Fsp3) is 0.214. The number of benzene rings is 3. The number of hydrogen-bond donors (Lipinski definition) is 0. The van der Waals surface area contributed by atoms with Crippen LogP contribution >= 0.6 is 0 Å². The molecule has 1 saturated heterocycles. The Balaban J connectivity index is 1.45. The summed E-state index contributed by atoms with van der Waals surface area (Å²) >= 11 is 0. The number of hydrogen-bond acceptors (Lipinski definition) is 3. The molecule has 0 aliphatic carbocycles. The lowest BCUT2D eigenvalue weighted by atomic mass is 9.89. The Morgan fingerprint density at radius 3 is 2.15 bits per heavy atom. The van der Waals surface area contributed by atoms with E-state index < -0.39 is 23.4 Å². The molecule has 2 heterocycles. The summed E-state index contributed by atoms with van der Waals surface area (Å²) in [5.41, 5.74) is 2.48. The van der Waals surface area contributed by atoms with Crippen molar-refractivity contribution in [1.29, 1.82) is 0 Å². The average molecular weight is 459 g/mol.